The first-order chi connectivity index (χ1) is 15.2. The zero-order chi connectivity index (χ0) is 23.2. The predicted molar refractivity (Wildman–Crippen MR) is 104 cm³/mol. The zero-order valence-electron chi connectivity index (χ0n) is 16.7. The van der Waals surface area contributed by atoms with E-state index in [1.165, 1.54) is 9.47 Å². The molecule has 1 aromatic heterocycles. The third kappa shape index (κ3) is 3.82. The fourth-order valence-electron chi connectivity index (χ4n) is 4.10. The number of aromatic nitrogens is 1. The van der Waals surface area contributed by atoms with Crippen molar-refractivity contribution in [2.24, 2.45) is 0 Å². The van der Waals surface area contributed by atoms with Gasteiger partial charge in [-0.25, -0.2) is 17.6 Å². The van der Waals surface area contributed by atoms with Gasteiger partial charge in [0, 0.05) is 43.5 Å². The molecule has 1 fully saturated rings. The molecule has 1 aromatic carbocycles. The van der Waals surface area contributed by atoms with Crippen LogP contribution in [0.15, 0.2) is 23.1 Å². The van der Waals surface area contributed by atoms with Crippen LogP contribution in [0.1, 0.15) is 51.7 Å². The number of alkyl halides is 1. The number of carbonyl (C=O) groups excluding carboxylic acids is 2. The largest absolute Gasteiger partial charge is 0.503 e. The molecule has 0 saturated carbocycles. The van der Waals surface area contributed by atoms with Gasteiger partial charge >= 0.3 is 0 Å². The molecule has 4 rings (SSSR count). The maximum atomic E-state index is 13.9. The summed E-state index contributed by atoms with van der Waals surface area (Å²) in [4.78, 5) is 39.3. The molecule has 11 heteroatoms. The fourth-order valence-corrected chi connectivity index (χ4v) is 4.10. The number of benzene rings is 1. The summed E-state index contributed by atoms with van der Waals surface area (Å²) < 4.78 is 55.9. The van der Waals surface area contributed by atoms with E-state index < -0.39 is 70.3 Å². The zero-order valence-corrected chi connectivity index (χ0v) is 16.7. The van der Waals surface area contributed by atoms with Crippen LogP contribution in [0.5, 0.6) is 5.75 Å². The van der Waals surface area contributed by atoms with Gasteiger partial charge in [-0.3, -0.25) is 14.4 Å². The predicted octanol–water partition coefficient (Wildman–Crippen LogP) is 2.42. The maximum Gasteiger partial charge on any atom is 0.274 e. The Bertz CT molecular complexity index is 1140. The highest BCUT2D eigenvalue weighted by molar-refractivity contribution is 5.99. The SMILES string of the molecule is O=C(NCc1c(F)cc(F)cc1F)c1cn2c(c(O)c1=O)C(=O)N1CC[C@@H](F)CC[C@H]2C1. The van der Waals surface area contributed by atoms with Crippen LogP contribution in [0.2, 0.25) is 0 Å². The van der Waals surface area contributed by atoms with Gasteiger partial charge in [-0.15, -0.1) is 0 Å². The van der Waals surface area contributed by atoms with E-state index in [-0.39, 0.29) is 31.6 Å². The number of hydrogen-bond donors (Lipinski definition) is 2. The van der Waals surface area contributed by atoms with E-state index >= 15 is 0 Å². The minimum atomic E-state index is -1.21. The molecule has 170 valence electrons. The molecule has 7 nitrogen and oxygen atoms in total. The monoisotopic (exact) mass is 453 g/mol. The quantitative estimate of drug-likeness (QED) is 0.699. The van der Waals surface area contributed by atoms with Gasteiger partial charge in [-0.2, -0.15) is 0 Å². The van der Waals surface area contributed by atoms with Gasteiger partial charge in [0.05, 0.1) is 6.04 Å². The lowest BCUT2D eigenvalue weighted by atomic mass is 9.98. The summed E-state index contributed by atoms with van der Waals surface area (Å²) >= 11 is 0. The van der Waals surface area contributed by atoms with E-state index in [9.17, 15) is 37.1 Å². The Balaban J connectivity index is 1.66. The summed E-state index contributed by atoms with van der Waals surface area (Å²) in [5, 5.41) is 12.6. The Kier molecular flexibility index (Phi) is 5.66. The summed E-state index contributed by atoms with van der Waals surface area (Å²) in [6.45, 7) is -0.312. The molecule has 2 atom stereocenters. The Hall–Kier alpha value is -3.37. The minimum Gasteiger partial charge on any atom is -0.503 e. The molecule has 3 heterocycles. The molecule has 2 amide bonds. The van der Waals surface area contributed by atoms with Crippen molar-refractivity contribution in [2.75, 3.05) is 13.1 Å². The Morgan fingerprint density at radius 3 is 2.50 bits per heavy atom. The van der Waals surface area contributed by atoms with Crippen molar-refractivity contribution in [2.45, 2.75) is 38.0 Å². The van der Waals surface area contributed by atoms with Crippen molar-refractivity contribution in [3.05, 3.63) is 62.8 Å². The summed E-state index contributed by atoms with van der Waals surface area (Å²) in [6.07, 6.45) is 0.668. The molecule has 2 aliphatic rings. The molecule has 2 bridgehead atoms. The van der Waals surface area contributed by atoms with Crippen molar-refractivity contribution in [1.82, 2.24) is 14.8 Å². The Labute approximate surface area is 179 Å². The second-order valence-corrected chi connectivity index (χ2v) is 7.88. The van der Waals surface area contributed by atoms with Gasteiger partial charge in [0.15, 0.2) is 11.4 Å². The van der Waals surface area contributed by atoms with E-state index in [0.717, 1.165) is 6.20 Å². The number of aromatic hydroxyl groups is 1. The Morgan fingerprint density at radius 2 is 1.81 bits per heavy atom. The molecular weight excluding hydrogens is 434 g/mol. The average molecular weight is 453 g/mol. The molecule has 2 aliphatic heterocycles. The van der Waals surface area contributed by atoms with Gasteiger partial charge in [0.2, 0.25) is 5.43 Å². The van der Waals surface area contributed by atoms with E-state index in [4.69, 9.17) is 0 Å². The number of rotatable bonds is 3. The lowest BCUT2D eigenvalue weighted by Gasteiger charge is -2.38. The molecule has 0 spiro atoms. The molecule has 0 aliphatic carbocycles. The number of nitrogens with one attached hydrogen (secondary N) is 1. The molecule has 2 N–H and O–H groups in total. The van der Waals surface area contributed by atoms with Crippen LogP contribution in [0, 0.1) is 17.5 Å². The topological polar surface area (TPSA) is 91.6 Å². The third-order valence-corrected chi connectivity index (χ3v) is 5.83. The second-order valence-electron chi connectivity index (χ2n) is 7.88. The van der Waals surface area contributed by atoms with Crippen molar-refractivity contribution in [1.29, 1.82) is 0 Å². The van der Waals surface area contributed by atoms with E-state index in [0.29, 0.717) is 18.6 Å². The number of fused-ring (bicyclic) bond motifs is 4. The highest BCUT2D eigenvalue weighted by atomic mass is 19.1. The van der Waals surface area contributed by atoms with Crippen molar-refractivity contribution >= 4 is 11.8 Å². The van der Waals surface area contributed by atoms with Crippen LogP contribution in [-0.2, 0) is 6.54 Å². The highest BCUT2D eigenvalue weighted by Crippen LogP contribution is 2.32. The molecule has 0 radical (unpaired) electrons. The number of amides is 2. The van der Waals surface area contributed by atoms with Crippen LogP contribution < -0.4 is 10.7 Å². The van der Waals surface area contributed by atoms with E-state index in [1.54, 1.807) is 0 Å². The standard InChI is InChI=1S/C21H19F4N3O4/c22-10-1-2-12-8-27(4-3-10)21(32)17-19(30)18(29)14(9-28(12)17)20(31)26-7-13-15(24)5-11(23)6-16(13)25/h5-6,9-10,12,30H,1-4,7-8H2,(H,26,31)/t10-,12-/m0/s1. The first-order valence-electron chi connectivity index (χ1n) is 10.0. The second kappa shape index (κ2) is 8.29. The van der Waals surface area contributed by atoms with Gasteiger partial charge < -0.3 is 19.9 Å². The number of hydrogen-bond acceptors (Lipinski definition) is 4. The molecule has 32 heavy (non-hydrogen) atoms. The van der Waals surface area contributed by atoms with Gasteiger partial charge in [0.1, 0.15) is 29.2 Å². The first-order valence-corrected chi connectivity index (χ1v) is 10.0. The normalized spacial score (nSPS) is 20.4. The smallest absolute Gasteiger partial charge is 0.274 e. The summed E-state index contributed by atoms with van der Waals surface area (Å²) in [7, 11) is 0. The molecule has 0 unspecified atom stereocenters. The average Bonchev–Trinajstić information content (AvgIpc) is 2.72. The molecule has 2 aromatic rings. The summed E-state index contributed by atoms with van der Waals surface area (Å²) in [5.74, 6) is -6.17. The van der Waals surface area contributed by atoms with Crippen molar-refractivity contribution < 1.29 is 32.3 Å². The van der Waals surface area contributed by atoms with Crippen LogP contribution in [-0.4, -0.2) is 45.6 Å². The number of nitrogens with zero attached hydrogens (tertiary/aromatic N) is 2. The Morgan fingerprint density at radius 1 is 1.12 bits per heavy atom. The van der Waals surface area contributed by atoms with Gasteiger partial charge in [-0.1, -0.05) is 0 Å². The van der Waals surface area contributed by atoms with Crippen LogP contribution in [0.25, 0.3) is 0 Å². The third-order valence-electron chi connectivity index (χ3n) is 5.83. The van der Waals surface area contributed by atoms with Crippen molar-refractivity contribution in [3.8, 4) is 5.75 Å². The van der Waals surface area contributed by atoms with E-state index in [2.05, 4.69) is 5.32 Å². The van der Waals surface area contributed by atoms with Gasteiger partial charge in [-0.05, 0) is 19.3 Å². The van der Waals surface area contributed by atoms with Gasteiger partial charge in [0.25, 0.3) is 11.8 Å². The maximum absolute atomic E-state index is 13.9. The first kappa shape index (κ1) is 21.8. The van der Waals surface area contributed by atoms with Crippen LogP contribution in [0.3, 0.4) is 0 Å². The van der Waals surface area contributed by atoms with Crippen LogP contribution >= 0.6 is 0 Å². The summed E-state index contributed by atoms with van der Waals surface area (Å²) in [5.41, 5.74) is -2.56. The lowest BCUT2D eigenvalue weighted by molar-refractivity contribution is 0.0594. The lowest BCUT2D eigenvalue weighted by Crippen LogP contribution is -2.47. The number of carbonyl (C=O) groups is 2. The fraction of sp³-hybridized carbons (Fsp3) is 0.381. The number of pyridine rings is 1. The molecular formula is C21H19F4N3O4. The van der Waals surface area contributed by atoms with E-state index in [1.807, 2.05) is 0 Å². The highest BCUT2D eigenvalue weighted by Gasteiger charge is 2.37. The summed E-state index contributed by atoms with van der Waals surface area (Å²) in [6, 6.07) is 0.439. The van der Waals surface area contributed by atoms with Crippen molar-refractivity contribution in [3.63, 3.8) is 0 Å². The minimum absolute atomic E-state index is 0.140. The van der Waals surface area contributed by atoms with Crippen LogP contribution in [0.4, 0.5) is 17.6 Å². The molecule has 1 saturated heterocycles. The number of halogens is 4.